The third-order valence-electron chi connectivity index (χ3n) is 2.55. The van der Waals surface area contributed by atoms with Crippen molar-refractivity contribution in [1.29, 1.82) is 5.26 Å². The molecule has 0 amide bonds. The Morgan fingerprint density at radius 1 is 1.00 bits per heavy atom. The van der Waals surface area contributed by atoms with Crippen molar-refractivity contribution < 1.29 is 13.8 Å². The number of hydrogen-bond donors (Lipinski definition) is 0. The van der Waals surface area contributed by atoms with Crippen molar-refractivity contribution in [2.75, 3.05) is 40.0 Å². The minimum atomic E-state index is -1.03. The first-order chi connectivity index (χ1) is 9.79. The van der Waals surface area contributed by atoms with Gasteiger partial charge in [-0.25, -0.2) is 4.67 Å². The fourth-order valence-corrected chi connectivity index (χ4v) is 3.31. The first-order valence-corrected chi connectivity index (χ1v) is 8.59. The van der Waals surface area contributed by atoms with Crippen LogP contribution in [0.2, 0.25) is 0 Å². The largest absolute Gasteiger partial charge is 0.385 e. The minimum absolute atomic E-state index is 0.415. The van der Waals surface area contributed by atoms with Gasteiger partial charge in [-0.05, 0) is 25.7 Å². The Labute approximate surface area is 125 Å². The van der Waals surface area contributed by atoms with E-state index in [1.807, 2.05) is 0 Å². The summed E-state index contributed by atoms with van der Waals surface area (Å²) in [6.07, 6.45) is 4.54. The number of rotatable bonds is 14. The molecule has 0 aliphatic rings. The average molecular weight is 304 g/mol. The molecule has 5 nitrogen and oxygen atoms in total. The van der Waals surface area contributed by atoms with Crippen LogP contribution in [0.3, 0.4) is 0 Å². The van der Waals surface area contributed by atoms with Crippen molar-refractivity contribution >= 4 is 8.53 Å². The van der Waals surface area contributed by atoms with E-state index >= 15 is 0 Å². The zero-order valence-electron chi connectivity index (χ0n) is 13.1. The van der Waals surface area contributed by atoms with Crippen molar-refractivity contribution in [3.63, 3.8) is 0 Å². The highest BCUT2D eigenvalue weighted by atomic mass is 31.2. The van der Waals surface area contributed by atoms with Gasteiger partial charge in [0.25, 0.3) is 8.53 Å². The van der Waals surface area contributed by atoms with Gasteiger partial charge in [0, 0.05) is 26.8 Å². The summed E-state index contributed by atoms with van der Waals surface area (Å²) >= 11 is 0. The number of methoxy groups -OCH3 is 1. The molecule has 0 spiro atoms. The number of nitrogens with zero attached hydrogens (tertiary/aromatic N) is 2. The molecule has 0 aromatic rings. The third-order valence-corrected chi connectivity index (χ3v) is 4.22. The number of unbranched alkanes of at least 4 members (excludes halogenated alkanes) is 1. The van der Waals surface area contributed by atoms with Crippen LogP contribution in [0.1, 0.15) is 46.0 Å². The molecule has 20 heavy (non-hydrogen) atoms. The van der Waals surface area contributed by atoms with Crippen LogP contribution in [-0.4, -0.2) is 44.7 Å². The van der Waals surface area contributed by atoms with E-state index in [0.29, 0.717) is 19.6 Å². The zero-order chi connectivity index (χ0) is 15.1. The van der Waals surface area contributed by atoms with Crippen LogP contribution in [0.25, 0.3) is 0 Å². The number of hydrogen-bond acceptors (Lipinski definition) is 5. The molecule has 0 aromatic heterocycles. The summed E-state index contributed by atoms with van der Waals surface area (Å²) in [5.74, 6) is 0. The Hall–Kier alpha value is -0.240. The molecule has 0 heterocycles. The van der Waals surface area contributed by atoms with Gasteiger partial charge in [0.15, 0.2) is 0 Å². The second kappa shape index (κ2) is 15.2. The molecule has 0 aliphatic carbocycles. The van der Waals surface area contributed by atoms with Crippen LogP contribution in [0.15, 0.2) is 0 Å². The van der Waals surface area contributed by atoms with Crippen LogP contribution in [-0.2, 0) is 13.8 Å². The summed E-state index contributed by atoms with van der Waals surface area (Å²) in [5, 5.41) is 8.61. The van der Waals surface area contributed by atoms with Crippen LogP contribution in [0, 0.1) is 11.3 Å². The molecule has 0 radical (unpaired) electrons. The van der Waals surface area contributed by atoms with Crippen molar-refractivity contribution in [2.24, 2.45) is 0 Å². The monoisotopic (exact) mass is 304 g/mol. The lowest BCUT2D eigenvalue weighted by Crippen LogP contribution is -2.22. The molecule has 0 aliphatic heterocycles. The lowest BCUT2D eigenvalue weighted by Gasteiger charge is -2.28. The molecule has 0 saturated heterocycles. The van der Waals surface area contributed by atoms with E-state index in [-0.39, 0.29) is 0 Å². The van der Waals surface area contributed by atoms with E-state index < -0.39 is 8.53 Å². The fourth-order valence-electron chi connectivity index (χ4n) is 1.65. The van der Waals surface area contributed by atoms with Gasteiger partial charge in [-0.1, -0.05) is 13.8 Å². The Balaban J connectivity index is 4.17. The SMILES string of the molecule is CCCN(CCC)P(OCCC#N)OCCCCOC. The standard InChI is InChI=1S/C14H29N2O3P/c1-4-10-16(11-5-2)20(19-14-8-9-15)18-13-7-6-12-17-3/h4-8,10-14H2,1-3H3. The molecule has 0 aromatic carbocycles. The van der Waals surface area contributed by atoms with Crippen LogP contribution in [0.4, 0.5) is 0 Å². The highest BCUT2D eigenvalue weighted by Crippen LogP contribution is 2.43. The molecular weight excluding hydrogens is 275 g/mol. The molecule has 1 atom stereocenters. The highest BCUT2D eigenvalue weighted by Gasteiger charge is 2.19. The van der Waals surface area contributed by atoms with Crippen molar-refractivity contribution in [2.45, 2.75) is 46.0 Å². The molecule has 0 fully saturated rings. The van der Waals surface area contributed by atoms with Gasteiger partial charge < -0.3 is 13.8 Å². The fraction of sp³-hybridized carbons (Fsp3) is 0.929. The maximum absolute atomic E-state index is 8.61. The smallest absolute Gasteiger partial charge is 0.258 e. The van der Waals surface area contributed by atoms with Crippen LogP contribution >= 0.6 is 8.53 Å². The summed E-state index contributed by atoms with van der Waals surface area (Å²) in [4.78, 5) is 0. The Morgan fingerprint density at radius 3 is 2.15 bits per heavy atom. The predicted molar refractivity (Wildman–Crippen MR) is 82.3 cm³/mol. The first-order valence-electron chi connectivity index (χ1n) is 7.46. The summed E-state index contributed by atoms with van der Waals surface area (Å²) in [5.41, 5.74) is 0. The minimum Gasteiger partial charge on any atom is -0.385 e. The third kappa shape index (κ3) is 10.5. The molecule has 0 rings (SSSR count). The van der Waals surface area contributed by atoms with Crippen LogP contribution < -0.4 is 0 Å². The summed E-state index contributed by atoms with van der Waals surface area (Å²) in [6.45, 7) is 8.17. The number of ether oxygens (including phenoxy) is 1. The second-order valence-electron chi connectivity index (χ2n) is 4.47. The molecule has 118 valence electrons. The Morgan fingerprint density at radius 2 is 1.60 bits per heavy atom. The summed E-state index contributed by atoms with van der Waals surface area (Å²) < 4.78 is 19.0. The normalized spacial score (nSPS) is 12.6. The predicted octanol–water partition coefficient (Wildman–Crippen LogP) is 3.71. The highest BCUT2D eigenvalue weighted by molar-refractivity contribution is 7.44. The Kier molecular flexibility index (Phi) is 15.0. The quantitative estimate of drug-likeness (QED) is 0.362. The van der Waals surface area contributed by atoms with Gasteiger partial charge in [-0.3, -0.25) is 0 Å². The van der Waals surface area contributed by atoms with E-state index in [1.54, 1.807) is 7.11 Å². The average Bonchev–Trinajstić information content (AvgIpc) is 2.45. The van der Waals surface area contributed by atoms with E-state index in [0.717, 1.165) is 45.4 Å². The van der Waals surface area contributed by atoms with Gasteiger partial charge in [0.05, 0.1) is 25.7 Å². The van der Waals surface area contributed by atoms with Crippen molar-refractivity contribution in [1.82, 2.24) is 4.67 Å². The molecule has 1 unspecified atom stereocenters. The lowest BCUT2D eigenvalue weighted by atomic mass is 10.3. The van der Waals surface area contributed by atoms with E-state index in [4.69, 9.17) is 19.0 Å². The summed E-state index contributed by atoms with van der Waals surface area (Å²) in [7, 11) is 0.684. The van der Waals surface area contributed by atoms with Crippen molar-refractivity contribution in [3.8, 4) is 6.07 Å². The molecule has 0 bridgehead atoms. The summed E-state index contributed by atoms with van der Waals surface area (Å²) in [6, 6.07) is 2.10. The maximum Gasteiger partial charge on any atom is 0.258 e. The van der Waals surface area contributed by atoms with Gasteiger partial charge >= 0.3 is 0 Å². The van der Waals surface area contributed by atoms with Crippen molar-refractivity contribution in [3.05, 3.63) is 0 Å². The molecule has 0 saturated carbocycles. The zero-order valence-corrected chi connectivity index (χ0v) is 14.0. The first kappa shape index (κ1) is 19.8. The molecular formula is C14H29N2O3P. The molecule has 6 heteroatoms. The Bertz CT molecular complexity index is 243. The molecule has 0 N–H and O–H groups in total. The van der Waals surface area contributed by atoms with Gasteiger partial charge in [-0.15, -0.1) is 0 Å². The lowest BCUT2D eigenvalue weighted by molar-refractivity contribution is 0.173. The maximum atomic E-state index is 8.61. The van der Waals surface area contributed by atoms with E-state index in [2.05, 4.69) is 24.6 Å². The van der Waals surface area contributed by atoms with Gasteiger partial charge in [0.2, 0.25) is 0 Å². The van der Waals surface area contributed by atoms with Crippen LogP contribution in [0.5, 0.6) is 0 Å². The topological polar surface area (TPSA) is 54.7 Å². The van der Waals surface area contributed by atoms with Gasteiger partial charge in [0.1, 0.15) is 0 Å². The van der Waals surface area contributed by atoms with E-state index in [1.165, 1.54) is 0 Å². The second-order valence-corrected chi connectivity index (χ2v) is 6.02. The van der Waals surface area contributed by atoms with E-state index in [9.17, 15) is 0 Å². The van der Waals surface area contributed by atoms with Gasteiger partial charge in [-0.2, -0.15) is 5.26 Å². The number of nitriles is 1.